The predicted octanol–water partition coefficient (Wildman–Crippen LogP) is 4.01. The van der Waals surface area contributed by atoms with Crippen molar-refractivity contribution in [1.82, 2.24) is 10.1 Å². The molecule has 0 unspecified atom stereocenters. The Balaban J connectivity index is 1.36. The summed E-state index contributed by atoms with van der Waals surface area (Å²) < 4.78 is 10.6. The fourth-order valence-corrected chi connectivity index (χ4v) is 3.70. The average Bonchev–Trinajstić information content (AvgIpc) is 3.41. The van der Waals surface area contributed by atoms with Crippen molar-refractivity contribution in [2.75, 3.05) is 11.4 Å². The first-order valence-electron chi connectivity index (χ1n) is 10.4. The van der Waals surface area contributed by atoms with E-state index in [1.807, 2.05) is 56.3 Å². The Hall–Kier alpha value is -3.48. The van der Waals surface area contributed by atoms with E-state index in [1.165, 1.54) is 5.56 Å². The maximum absolute atomic E-state index is 12.5. The standard InChI is InChI=1S/C24H25N3O4/c1-4-17-8-10-18(11-9-17)23-25-21(31-26-23)14-30-24(29)19-12-22(28)27(13-19)20-7-5-6-15(2)16(20)3/h5-11,19H,4,12-14H2,1-3H3/t19-/m1/s1. The molecule has 0 saturated carbocycles. The number of rotatable bonds is 6. The second-order valence-corrected chi connectivity index (χ2v) is 7.79. The number of hydrogen-bond acceptors (Lipinski definition) is 6. The lowest BCUT2D eigenvalue weighted by Gasteiger charge is -2.20. The lowest BCUT2D eigenvalue weighted by atomic mass is 10.1. The third-order valence-corrected chi connectivity index (χ3v) is 5.75. The van der Waals surface area contributed by atoms with Gasteiger partial charge in [-0.1, -0.05) is 48.5 Å². The summed E-state index contributed by atoms with van der Waals surface area (Å²) in [4.78, 5) is 31.0. The largest absolute Gasteiger partial charge is 0.455 e. The molecule has 0 radical (unpaired) electrons. The molecule has 1 aliphatic rings. The van der Waals surface area contributed by atoms with Gasteiger partial charge in [0.1, 0.15) is 0 Å². The minimum Gasteiger partial charge on any atom is -0.455 e. The molecule has 1 aliphatic heterocycles. The number of hydrogen-bond donors (Lipinski definition) is 0. The van der Waals surface area contributed by atoms with Gasteiger partial charge in [0.05, 0.1) is 5.92 Å². The zero-order valence-electron chi connectivity index (χ0n) is 17.9. The fraction of sp³-hybridized carbons (Fsp3) is 0.333. The van der Waals surface area contributed by atoms with E-state index in [0.29, 0.717) is 12.4 Å². The summed E-state index contributed by atoms with van der Waals surface area (Å²) in [5.74, 6) is -0.361. The maximum atomic E-state index is 12.5. The molecule has 0 bridgehead atoms. The van der Waals surface area contributed by atoms with Crippen LogP contribution in [0.2, 0.25) is 0 Å². The number of nitrogens with zero attached hydrogens (tertiary/aromatic N) is 3. The van der Waals surface area contributed by atoms with E-state index in [4.69, 9.17) is 9.26 Å². The molecule has 7 heteroatoms. The van der Waals surface area contributed by atoms with Crippen LogP contribution in [0.15, 0.2) is 47.0 Å². The molecule has 0 N–H and O–H groups in total. The number of carbonyl (C=O) groups excluding carboxylic acids is 2. The minimum absolute atomic E-state index is 0.0775. The Morgan fingerprint density at radius 3 is 2.71 bits per heavy atom. The Bertz CT molecular complexity index is 1100. The molecule has 2 aromatic carbocycles. The van der Waals surface area contributed by atoms with Gasteiger partial charge in [0.2, 0.25) is 11.7 Å². The minimum atomic E-state index is -0.517. The van der Waals surface area contributed by atoms with Crippen molar-refractivity contribution < 1.29 is 18.8 Å². The summed E-state index contributed by atoms with van der Waals surface area (Å²) in [6.45, 7) is 6.26. The van der Waals surface area contributed by atoms with Crippen LogP contribution in [0.3, 0.4) is 0 Å². The SMILES string of the molecule is CCc1ccc(-c2noc(COC(=O)[C@@H]3CC(=O)N(c4cccc(C)c4C)C3)n2)cc1. The van der Waals surface area contributed by atoms with Crippen LogP contribution in [0.5, 0.6) is 0 Å². The van der Waals surface area contributed by atoms with E-state index < -0.39 is 11.9 Å². The first kappa shape index (κ1) is 20.8. The van der Waals surface area contributed by atoms with Crippen LogP contribution in [0, 0.1) is 19.8 Å². The molecular weight excluding hydrogens is 394 g/mol. The maximum Gasteiger partial charge on any atom is 0.311 e. The third-order valence-electron chi connectivity index (χ3n) is 5.75. The topological polar surface area (TPSA) is 85.5 Å². The van der Waals surface area contributed by atoms with Crippen LogP contribution >= 0.6 is 0 Å². The van der Waals surface area contributed by atoms with E-state index in [1.54, 1.807) is 4.90 Å². The second-order valence-electron chi connectivity index (χ2n) is 7.79. The van der Waals surface area contributed by atoms with Crippen LogP contribution in [0.4, 0.5) is 5.69 Å². The smallest absolute Gasteiger partial charge is 0.311 e. The molecule has 1 aromatic heterocycles. The molecule has 0 aliphatic carbocycles. The molecule has 1 atom stereocenters. The number of aryl methyl sites for hydroxylation is 2. The Kier molecular flexibility index (Phi) is 5.84. The van der Waals surface area contributed by atoms with Gasteiger partial charge in [-0.15, -0.1) is 0 Å². The van der Waals surface area contributed by atoms with Gasteiger partial charge in [-0.05, 0) is 43.0 Å². The molecule has 3 aromatic rings. The van der Waals surface area contributed by atoms with Gasteiger partial charge in [-0.3, -0.25) is 9.59 Å². The van der Waals surface area contributed by atoms with Gasteiger partial charge in [0.25, 0.3) is 5.89 Å². The second kappa shape index (κ2) is 8.71. The van der Waals surface area contributed by atoms with Crippen LogP contribution in [-0.4, -0.2) is 28.6 Å². The fourth-order valence-electron chi connectivity index (χ4n) is 3.70. The number of aromatic nitrogens is 2. The van der Waals surface area contributed by atoms with Crippen molar-refractivity contribution in [3.05, 3.63) is 65.0 Å². The highest BCUT2D eigenvalue weighted by molar-refractivity contribution is 6.00. The van der Waals surface area contributed by atoms with Crippen molar-refractivity contribution in [1.29, 1.82) is 0 Å². The third kappa shape index (κ3) is 4.35. The Morgan fingerprint density at radius 2 is 1.97 bits per heavy atom. The summed E-state index contributed by atoms with van der Waals surface area (Å²) in [5, 5.41) is 3.96. The number of amides is 1. The highest BCUT2D eigenvalue weighted by Gasteiger charge is 2.37. The summed E-state index contributed by atoms with van der Waals surface area (Å²) in [7, 11) is 0. The van der Waals surface area contributed by atoms with Crippen molar-refractivity contribution in [3.63, 3.8) is 0 Å². The number of ether oxygens (including phenoxy) is 1. The summed E-state index contributed by atoms with van der Waals surface area (Å²) in [6.07, 6.45) is 1.09. The van der Waals surface area contributed by atoms with Crippen molar-refractivity contribution in [2.24, 2.45) is 5.92 Å². The van der Waals surface area contributed by atoms with Gasteiger partial charge in [0.15, 0.2) is 6.61 Å². The highest BCUT2D eigenvalue weighted by atomic mass is 16.6. The average molecular weight is 419 g/mol. The normalized spacial score (nSPS) is 16.0. The van der Waals surface area contributed by atoms with E-state index in [0.717, 1.165) is 28.8 Å². The summed E-state index contributed by atoms with van der Waals surface area (Å²) >= 11 is 0. The quantitative estimate of drug-likeness (QED) is 0.561. The number of esters is 1. The van der Waals surface area contributed by atoms with Crippen LogP contribution in [0.1, 0.15) is 35.9 Å². The van der Waals surface area contributed by atoms with Gasteiger partial charge in [0, 0.05) is 24.2 Å². The molecule has 0 spiro atoms. The zero-order chi connectivity index (χ0) is 22.0. The van der Waals surface area contributed by atoms with Gasteiger partial charge < -0.3 is 14.2 Å². The van der Waals surface area contributed by atoms with E-state index in [9.17, 15) is 9.59 Å². The van der Waals surface area contributed by atoms with E-state index in [2.05, 4.69) is 17.1 Å². The molecule has 7 nitrogen and oxygen atoms in total. The number of carbonyl (C=O) groups is 2. The van der Waals surface area contributed by atoms with E-state index in [-0.39, 0.29) is 24.8 Å². The molecule has 4 rings (SSSR count). The van der Waals surface area contributed by atoms with Crippen molar-refractivity contribution in [3.8, 4) is 11.4 Å². The molecular formula is C24H25N3O4. The summed E-state index contributed by atoms with van der Waals surface area (Å²) in [6, 6.07) is 13.7. The van der Waals surface area contributed by atoms with Crippen LogP contribution < -0.4 is 4.90 Å². The molecule has 160 valence electrons. The first-order chi connectivity index (χ1) is 15.0. The lowest BCUT2D eigenvalue weighted by Crippen LogP contribution is -2.27. The lowest BCUT2D eigenvalue weighted by molar-refractivity contribution is -0.150. The van der Waals surface area contributed by atoms with E-state index >= 15 is 0 Å². The van der Waals surface area contributed by atoms with Crippen molar-refractivity contribution in [2.45, 2.75) is 40.2 Å². The molecule has 1 saturated heterocycles. The molecule has 31 heavy (non-hydrogen) atoms. The predicted molar refractivity (Wildman–Crippen MR) is 115 cm³/mol. The molecule has 1 amide bonds. The Labute approximate surface area is 181 Å². The van der Waals surface area contributed by atoms with Crippen molar-refractivity contribution >= 4 is 17.6 Å². The monoisotopic (exact) mass is 419 g/mol. The molecule has 2 heterocycles. The molecule has 1 fully saturated rings. The van der Waals surface area contributed by atoms with Crippen LogP contribution in [-0.2, 0) is 27.4 Å². The van der Waals surface area contributed by atoms with Gasteiger partial charge >= 0.3 is 5.97 Å². The Morgan fingerprint density at radius 1 is 1.19 bits per heavy atom. The zero-order valence-corrected chi connectivity index (χ0v) is 17.9. The number of anilines is 1. The van der Waals surface area contributed by atoms with Gasteiger partial charge in [-0.2, -0.15) is 4.98 Å². The summed E-state index contributed by atoms with van der Waals surface area (Å²) in [5.41, 5.74) is 5.05. The van der Waals surface area contributed by atoms with Gasteiger partial charge in [-0.25, -0.2) is 0 Å². The number of benzene rings is 2. The first-order valence-corrected chi connectivity index (χ1v) is 10.4. The van der Waals surface area contributed by atoms with Crippen LogP contribution in [0.25, 0.3) is 11.4 Å². The highest BCUT2D eigenvalue weighted by Crippen LogP contribution is 2.30.